The van der Waals surface area contributed by atoms with E-state index in [0.717, 1.165) is 12.1 Å². The minimum absolute atomic E-state index is 0.00965. The Morgan fingerprint density at radius 1 is 0.816 bits per heavy atom. The number of cyclic esters (lactones) is 2. The van der Waals surface area contributed by atoms with E-state index in [1.165, 1.54) is 26.2 Å². The van der Waals surface area contributed by atoms with E-state index in [-0.39, 0.29) is 32.0 Å². The molecule has 0 fully saturated rings. The maximum Gasteiger partial charge on any atom is 0.340 e. The highest BCUT2D eigenvalue weighted by Gasteiger charge is 2.33. The SMILES string of the molecule is COC(=O)c1cc2c(cc1C)C(=O)OCS2(=O)=O.Cc1cc2c(cc1C(=O)N=C(N)N)S(=O)(=O)COC2=O. The Morgan fingerprint density at radius 3 is 1.66 bits per heavy atom. The lowest BCUT2D eigenvalue weighted by Gasteiger charge is -2.17. The van der Waals surface area contributed by atoms with Crippen molar-refractivity contribution >= 4 is 49.4 Å². The molecule has 0 aliphatic carbocycles. The second-order valence-electron chi connectivity index (χ2n) is 7.99. The zero-order valence-corrected chi connectivity index (χ0v) is 21.8. The Bertz CT molecular complexity index is 1640. The highest BCUT2D eigenvalue weighted by atomic mass is 32.2. The fourth-order valence-corrected chi connectivity index (χ4v) is 5.82. The van der Waals surface area contributed by atoms with Crippen molar-refractivity contribution in [3.05, 3.63) is 57.6 Å². The molecule has 4 rings (SSSR count). The van der Waals surface area contributed by atoms with Crippen molar-refractivity contribution in [3.8, 4) is 0 Å². The van der Waals surface area contributed by atoms with Gasteiger partial charge in [0.05, 0.1) is 33.6 Å². The quantitative estimate of drug-likeness (QED) is 0.211. The molecule has 38 heavy (non-hydrogen) atoms. The summed E-state index contributed by atoms with van der Waals surface area (Å²) in [6.07, 6.45) is 0. The zero-order valence-electron chi connectivity index (χ0n) is 20.1. The van der Waals surface area contributed by atoms with Crippen molar-refractivity contribution in [1.29, 1.82) is 0 Å². The summed E-state index contributed by atoms with van der Waals surface area (Å²) < 4.78 is 60.9. The number of aryl methyl sites for hydroxylation is 2. The van der Waals surface area contributed by atoms with E-state index in [2.05, 4.69) is 19.2 Å². The molecular weight excluding hydrogens is 546 g/mol. The maximum absolute atomic E-state index is 11.9. The molecule has 2 aliphatic rings. The van der Waals surface area contributed by atoms with E-state index in [1.807, 2.05) is 0 Å². The molecule has 1 amide bonds. The molecule has 0 saturated carbocycles. The van der Waals surface area contributed by atoms with Gasteiger partial charge in [0.15, 0.2) is 17.8 Å². The average Bonchev–Trinajstić information content (AvgIpc) is 2.83. The van der Waals surface area contributed by atoms with Gasteiger partial charge in [0.1, 0.15) is 0 Å². The average molecular weight is 568 g/mol. The fourth-order valence-electron chi connectivity index (χ4n) is 3.49. The summed E-state index contributed by atoms with van der Waals surface area (Å²) in [5, 5.41) is 0. The van der Waals surface area contributed by atoms with E-state index < -0.39 is 61.3 Å². The van der Waals surface area contributed by atoms with Gasteiger partial charge in [0, 0.05) is 5.56 Å². The predicted molar refractivity (Wildman–Crippen MR) is 129 cm³/mol. The lowest BCUT2D eigenvalue weighted by atomic mass is 10.0. The first-order valence-electron chi connectivity index (χ1n) is 10.4. The third-order valence-corrected chi connectivity index (χ3v) is 8.19. The van der Waals surface area contributed by atoms with Crippen LogP contribution in [0, 0.1) is 13.8 Å². The highest BCUT2D eigenvalue weighted by molar-refractivity contribution is 7.91. The number of ether oxygens (including phenoxy) is 3. The zero-order chi connectivity index (χ0) is 28.6. The molecule has 16 heteroatoms. The maximum atomic E-state index is 11.9. The number of guanidine groups is 1. The molecule has 2 aromatic rings. The minimum Gasteiger partial charge on any atom is -0.465 e. The topological polar surface area (TPSA) is 229 Å². The molecule has 2 aromatic carbocycles. The lowest BCUT2D eigenvalue weighted by molar-refractivity contribution is 0.0546. The van der Waals surface area contributed by atoms with Crippen molar-refractivity contribution in [2.24, 2.45) is 16.5 Å². The molecule has 0 aromatic heterocycles. The van der Waals surface area contributed by atoms with Crippen LogP contribution >= 0.6 is 0 Å². The van der Waals surface area contributed by atoms with Crippen molar-refractivity contribution in [2.75, 3.05) is 19.0 Å². The van der Waals surface area contributed by atoms with Crippen LogP contribution in [0.2, 0.25) is 0 Å². The summed E-state index contributed by atoms with van der Waals surface area (Å²) >= 11 is 0. The van der Waals surface area contributed by atoms with Crippen molar-refractivity contribution < 1.29 is 50.2 Å². The Kier molecular flexibility index (Phi) is 7.60. The van der Waals surface area contributed by atoms with Gasteiger partial charge in [0.2, 0.25) is 19.7 Å². The number of methoxy groups -OCH3 is 1. The summed E-state index contributed by atoms with van der Waals surface area (Å²) in [6, 6.07) is 4.84. The van der Waals surface area contributed by atoms with Gasteiger partial charge in [-0.2, -0.15) is 4.99 Å². The van der Waals surface area contributed by atoms with E-state index in [1.54, 1.807) is 6.92 Å². The molecule has 0 spiro atoms. The summed E-state index contributed by atoms with van der Waals surface area (Å²) in [7, 11) is -6.29. The normalized spacial score (nSPS) is 16.3. The standard InChI is InChI=1S/C11H11N3O5S.C11H10O6S/c1-5-2-7-8(20(17,18)4-19-10(7)16)3-6(5)9(15)14-11(12)13;1-6-3-8-9(4-7(6)10(12)16-2)18(14,15)5-17-11(8)13/h2-3H,4H2,1H3,(H4,12,13,14,15);3-4H,5H2,1-2H3. The first-order chi connectivity index (χ1) is 17.6. The number of hydrogen-bond donors (Lipinski definition) is 2. The van der Waals surface area contributed by atoms with Crippen LogP contribution in [0.1, 0.15) is 52.6 Å². The number of esters is 3. The number of carbonyl (C=O) groups is 4. The third kappa shape index (κ3) is 5.50. The van der Waals surface area contributed by atoms with E-state index in [4.69, 9.17) is 11.5 Å². The Morgan fingerprint density at radius 2 is 1.24 bits per heavy atom. The summed E-state index contributed by atoms with van der Waals surface area (Å²) in [4.78, 5) is 49.2. The van der Waals surface area contributed by atoms with Crippen LogP contribution in [0.3, 0.4) is 0 Å². The largest absolute Gasteiger partial charge is 0.465 e. The fraction of sp³-hybridized carbons (Fsp3) is 0.227. The number of benzene rings is 2. The van der Waals surface area contributed by atoms with Crippen molar-refractivity contribution in [2.45, 2.75) is 23.6 Å². The van der Waals surface area contributed by atoms with E-state index in [0.29, 0.717) is 11.1 Å². The van der Waals surface area contributed by atoms with Crippen LogP contribution in [0.5, 0.6) is 0 Å². The first-order valence-corrected chi connectivity index (χ1v) is 13.7. The number of aliphatic imine (C=N–C) groups is 1. The number of nitrogens with two attached hydrogens (primary N) is 2. The van der Waals surface area contributed by atoms with Crippen molar-refractivity contribution in [1.82, 2.24) is 0 Å². The number of amides is 1. The monoisotopic (exact) mass is 567 g/mol. The van der Waals surface area contributed by atoms with Crippen LogP contribution in [0.15, 0.2) is 39.0 Å². The molecule has 202 valence electrons. The molecule has 0 radical (unpaired) electrons. The molecule has 4 N–H and O–H groups in total. The molecule has 0 bridgehead atoms. The molecule has 14 nitrogen and oxygen atoms in total. The molecule has 0 saturated heterocycles. The van der Waals surface area contributed by atoms with Crippen LogP contribution in [-0.4, -0.2) is 65.6 Å². The van der Waals surface area contributed by atoms with E-state index >= 15 is 0 Å². The second kappa shape index (κ2) is 10.2. The predicted octanol–water partition coefficient (Wildman–Crippen LogP) is -0.00656. The van der Waals surface area contributed by atoms with Crippen LogP contribution < -0.4 is 11.5 Å². The van der Waals surface area contributed by atoms with Gasteiger partial charge in [-0.1, -0.05) is 0 Å². The smallest absolute Gasteiger partial charge is 0.340 e. The van der Waals surface area contributed by atoms with Gasteiger partial charge in [0.25, 0.3) is 5.91 Å². The van der Waals surface area contributed by atoms with E-state index in [9.17, 15) is 36.0 Å². The van der Waals surface area contributed by atoms with Gasteiger partial charge in [-0.05, 0) is 49.2 Å². The number of carbonyl (C=O) groups excluding carboxylic acids is 4. The molecular formula is C22H21N3O11S2. The van der Waals surface area contributed by atoms with Crippen LogP contribution in [0.4, 0.5) is 0 Å². The number of sulfone groups is 2. The third-order valence-electron chi connectivity index (χ3n) is 5.32. The van der Waals surface area contributed by atoms with Crippen LogP contribution in [-0.2, 0) is 33.9 Å². The molecule has 2 heterocycles. The number of nitrogens with zero attached hydrogens (tertiary/aromatic N) is 1. The van der Waals surface area contributed by atoms with Gasteiger partial charge in [-0.25, -0.2) is 31.2 Å². The Hall–Kier alpha value is -4.31. The van der Waals surface area contributed by atoms with Crippen LogP contribution in [0.25, 0.3) is 0 Å². The van der Waals surface area contributed by atoms with Gasteiger partial charge < -0.3 is 25.7 Å². The first kappa shape index (κ1) is 28.3. The Labute approximate surface area is 216 Å². The highest BCUT2D eigenvalue weighted by Crippen LogP contribution is 2.28. The summed E-state index contributed by atoms with van der Waals surface area (Å²) in [5.41, 5.74) is 11.0. The number of fused-ring (bicyclic) bond motifs is 2. The summed E-state index contributed by atoms with van der Waals surface area (Å²) in [6.45, 7) is 3.12. The minimum atomic E-state index is -3.78. The Balaban J connectivity index is 0.000000212. The van der Waals surface area contributed by atoms with Gasteiger partial charge in [-0.3, -0.25) is 4.79 Å². The van der Waals surface area contributed by atoms with Crippen molar-refractivity contribution in [3.63, 3.8) is 0 Å². The molecule has 0 atom stereocenters. The second-order valence-corrected chi connectivity index (χ2v) is 11.8. The molecule has 2 aliphatic heterocycles. The number of rotatable bonds is 2. The molecule has 0 unspecified atom stereocenters. The van der Waals surface area contributed by atoms with Gasteiger partial charge in [-0.15, -0.1) is 0 Å². The lowest BCUT2D eigenvalue weighted by Crippen LogP contribution is -2.26. The van der Waals surface area contributed by atoms with Gasteiger partial charge >= 0.3 is 17.9 Å². The number of hydrogen-bond acceptors (Lipinski definition) is 11. The summed E-state index contributed by atoms with van der Waals surface area (Å²) in [5.74, 6) is -4.78.